The molecule has 0 N–H and O–H groups in total. The van der Waals surface area contributed by atoms with Crippen molar-refractivity contribution in [2.75, 3.05) is 6.61 Å². The molecular weight excluding hydrogens is 258 g/mol. The van der Waals surface area contributed by atoms with Crippen molar-refractivity contribution in [3.63, 3.8) is 0 Å². The first kappa shape index (κ1) is 13.9. The van der Waals surface area contributed by atoms with Crippen LogP contribution < -0.4 is 9.47 Å². The molecule has 0 fully saturated rings. The second kappa shape index (κ2) is 7.13. The Balaban J connectivity index is 2.10. The largest absolute Gasteiger partial charge is 0.460 e. The Labute approximate surface area is 117 Å². The van der Waals surface area contributed by atoms with Gasteiger partial charge in [0.25, 0.3) is 0 Å². The number of hydrogen-bond acceptors (Lipinski definition) is 5. The molecule has 1 heterocycles. The van der Waals surface area contributed by atoms with E-state index in [1.165, 1.54) is 0 Å². The predicted molar refractivity (Wildman–Crippen MR) is 72.4 cm³/mol. The number of carbonyl (C=O) groups excluding carboxylic acids is 1. The van der Waals surface area contributed by atoms with E-state index in [1.54, 1.807) is 55.6 Å². The third kappa shape index (κ3) is 3.98. The van der Waals surface area contributed by atoms with Crippen molar-refractivity contribution in [2.24, 2.45) is 0 Å². The van der Waals surface area contributed by atoms with E-state index in [2.05, 4.69) is 4.98 Å². The fourth-order valence-electron chi connectivity index (χ4n) is 1.48. The molecule has 0 saturated heterocycles. The van der Waals surface area contributed by atoms with Crippen molar-refractivity contribution in [3.8, 4) is 11.6 Å². The van der Waals surface area contributed by atoms with Crippen LogP contribution in [0.5, 0.6) is 11.6 Å². The van der Waals surface area contributed by atoms with E-state index in [1.807, 2.05) is 6.07 Å². The van der Waals surface area contributed by atoms with Crippen molar-refractivity contribution in [1.29, 1.82) is 0 Å². The number of pyridine rings is 1. The summed E-state index contributed by atoms with van der Waals surface area (Å²) in [5.41, 5.74) is 0. The highest BCUT2D eigenvalue weighted by Crippen LogP contribution is 2.14. The van der Waals surface area contributed by atoms with E-state index in [9.17, 15) is 4.79 Å². The number of esters is 1. The SMILES string of the molecule is CCOC(=O)C(Oc1ccccc1)Oc1ccccn1. The smallest absolute Gasteiger partial charge is 0.389 e. The molecule has 1 unspecified atom stereocenters. The van der Waals surface area contributed by atoms with Crippen LogP contribution in [0.15, 0.2) is 54.7 Å². The maximum atomic E-state index is 11.9. The van der Waals surface area contributed by atoms with Crippen LogP contribution >= 0.6 is 0 Å². The molecule has 0 radical (unpaired) electrons. The standard InChI is InChI=1S/C15H15NO4/c1-2-18-14(17)15(19-12-8-4-3-5-9-12)20-13-10-6-7-11-16-13/h3-11,15H,2H2,1H3. The van der Waals surface area contributed by atoms with Crippen molar-refractivity contribution in [2.45, 2.75) is 13.2 Å². The van der Waals surface area contributed by atoms with E-state index in [-0.39, 0.29) is 6.61 Å². The van der Waals surface area contributed by atoms with Gasteiger partial charge >= 0.3 is 12.3 Å². The Kier molecular flexibility index (Phi) is 4.94. The molecule has 0 saturated carbocycles. The van der Waals surface area contributed by atoms with Gasteiger partial charge < -0.3 is 14.2 Å². The molecule has 1 aromatic heterocycles. The van der Waals surface area contributed by atoms with Crippen LogP contribution in [0.2, 0.25) is 0 Å². The van der Waals surface area contributed by atoms with Crippen LogP contribution in [0.3, 0.4) is 0 Å². The molecule has 104 valence electrons. The van der Waals surface area contributed by atoms with Crippen LogP contribution in [-0.4, -0.2) is 23.9 Å². The third-order valence-corrected chi connectivity index (χ3v) is 2.33. The minimum Gasteiger partial charge on any atom is -0.460 e. The van der Waals surface area contributed by atoms with Gasteiger partial charge in [-0.25, -0.2) is 9.78 Å². The maximum absolute atomic E-state index is 11.9. The van der Waals surface area contributed by atoms with Gasteiger partial charge in [-0.3, -0.25) is 0 Å². The Morgan fingerprint density at radius 1 is 1.10 bits per heavy atom. The lowest BCUT2D eigenvalue weighted by Crippen LogP contribution is -2.35. The van der Waals surface area contributed by atoms with E-state index >= 15 is 0 Å². The first-order valence-corrected chi connectivity index (χ1v) is 6.25. The zero-order chi connectivity index (χ0) is 14.2. The van der Waals surface area contributed by atoms with E-state index in [0.717, 1.165) is 0 Å². The molecule has 2 aromatic rings. The molecular formula is C15H15NO4. The lowest BCUT2D eigenvalue weighted by atomic mass is 10.3. The van der Waals surface area contributed by atoms with Crippen molar-refractivity contribution < 1.29 is 19.0 Å². The van der Waals surface area contributed by atoms with Crippen LogP contribution in [-0.2, 0) is 9.53 Å². The molecule has 0 amide bonds. The summed E-state index contributed by atoms with van der Waals surface area (Å²) in [4.78, 5) is 15.8. The quantitative estimate of drug-likeness (QED) is 0.597. The van der Waals surface area contributed by atoms with Gasteiger partial charge in [0.2, 0.25) is 5.88 Å². The Morgan fingerprint density at radius 3 is 2.50 bits per heavy atom. The number of para-hydroxylation sites is 1. The van der Waals surface area contributed by atoms with Gasteiger partial charge in [0.15, 0.2) is 0 Å². The van der Waals surface area contributed by atoms with Crippen molar-refractivity contribution in [1.82, 2.24) is 4.98 Å². The first-order chi connectivity index (χ1) is 9.79. The van der Waals surface area contributed by atoms with Gasteiger partial charge in [-0.15, -0.1) is 0 Å². The third-order valence-electron chi connectivity index (χ3n) is 2.33. The van der Waals surface area contributed by atoms with Crippen molar-refractivity contribution >= 4 is 5.97 Å². The van der Waals surface area contributed by atoms with E-state index < -0.39 is 12.3 Å². The summed E-state index contributed by atoms with van der Waals surface area (Å²) < 4.78 is 15.9. The van der Waals surface area contributed by atoms with Gasteiger partial charge in [-0.2, -0.15) is 0 Å². The predicted octanol–water partition coefficient (Wildman–Crippen LogP) is 2.43. The summed E-state index contributed by atoms with van der Waals surface area (Å²) in [5.74, 6) is 0.213. The number of benzene rings is 1. The number of ether oxygens (including phenoxy) is 3. The second-order valence-electron chi connectivity index (χ2n) is 3.80. The number of rotatable bonds is 6. The van der Waals surface area contributed by atoms with Gasteiger partial charge in [0, 0.05) is 12.3 Å². The minimum atomic E-state index is -1.19. The highest BCUT2D eigenvalue weighted by atomic mass is 16.7. The Hall–Kier alpha value is -2.56. The molecule has 20 heavy (non-hydrogen) atoms. The van der Waals surface area contributed by atoms with Crippen LogP contribution in [0.4, 0.5) is 0 Å². The summed E-state index contributed by atoms with van der Waals surface area (Å²) in [6, 6.07) is 14.1. The molecule has 5 heteroatoms. The number of nitrogens with zero attached hydrogens (tertiary/aromatic N) is 1. The summed E-state index contributed by atoms with van der Waals surface area (Å²) in [5, 5.41) is 0. The molecule has 5 nitrogen and oxygen atoms in total. The van der Waals surface area contributed by atoms with Gasteiger partial charge in [0.05, 0.1) is 6.61 Å². The lowest BCUT2D eigenvalue weighted by molar-refractivity contribution is -0.165. The fourth-order valence-corrected chi connectivity index (χ4v) is 1.48. The maximum Gasteiger partial charge on any atom is 0.389 e. The number of aromatic nitrogens is 1. The molecule has 1 atom stereocenters. The Bertz CT molecular complexity index is 489. The van der Waals surface area contributed by atoms with Gasteiger partial charge in [0.1, 0.15) is 5.75 Å². The van der Waals surface area contributed by atoms with Crippen LogP contribution in [0, 0.1) is 0 Å². The average molecular weight is 273 g/mol. The zero-order valence-electron chi connectivity index (χ0n) is 11.1. The second-order valence-corrected chi connectivity index (χ2v) is 3.80. The van der Waals surface area contributed by atoms with Gasteiger partial charge in [-0.05, 0) is 25.1 Å². The highest BCUT2D eigenvalue weighted by molar-refractivity contribution is 5.74. The molecule has 2 rings (SSSR count). The first-order valence-electron chi connectivity index (χ1n) is 6.25. The van der Waals surface area contributed by atoms with E-state index in [4.69, 9.17) is 14.2 Å². The zero-order valence-corrected chi connectivity index (χ0v) is 11.1. The fraction of sp³-hybridized carbons (Fsp3) is 0.200. The minimum absolute atomic E-state index is 0.249. The number of hydrogen-bond donors (Lipinski definition) is 0. The Morgan fingerprint density at radius 2 is 1.85 bits per heavy atom. The molecule has 0 aliphatic carbocycles. The molecule has 1 aromatic carbocycles. The molecule has 0 aliphatic heterocycles. The van der Waals surface area contributed by atoms with E-state index in [0.29, 0.717) is 11.6 Å². The normalized spacial score (nSPS) is 11.4. The summed E-state index contributed by atoms with van der Waals surface area (Å²) in [6.45, 7) is 1.97. The summed E-state index contributed by atoms with van der Waals surface area (Å²) in [7, 11) is 0. The van der Waals surface area contributed by atoms with Crippen LogP contribution in [0.25, 0.3) is 0 Å². The van der Waals surface area contributed by atoms with Crippen molar-refractivity contribution in [3.05, 3.63) is 54.7 Å². The number of carbonyl (C=O) groups is 1. The molecule has 0 aliphatic rings. The lowest BCUT2D eigenvalue weighted by Gasteiger charge is -2.18. The molecule has 0 bridgehead atoms. The average Bonchev–Trinajstić information content (AvgIpc) is 2.49. The van der Waals surface area contributed by atoms with Crippen LogP contribution in [0.1, 0.15) is 6.92 Å². The van der Waals surface area contributed by atoms with Gasteiger partial charge in [-0.1, -0.05) is 24.3 Å². The monoisotopic (exact) mass is 273 g/mol. The summed E-state index contributed by atoms with van der Waals surface area (Å²) >= 11 is 0. The topological polar surface area (TPSA) is 57.7 Å². The molecule has 0 spiro atoms. The summed E-state index contributed by atoms with van der Waals surface area (Å²) in [6.07, 6.45) is 0.382. The highest BCUT2D eigenvalue weighted by Gasteiger charge is 2.24.